The molecule has 4 rings (SSSR count). The fourth-order valence-corrected chi connectivity index (χ4v) is 3.76. The number of aryl methyl sites for hydroxylation is 1. The van der Waals surface area contributed by atoms with Crippen LogP contribution < -0.4 is 10.9 Å². The van der Waals surface area contributed by atoms with E-state index in [1.165, 1.54) is 6.07 Å². The predicted octanol–water partition coefficient (Wildman–Crippen LogP) is 4.85. The Hall–Kier alpha value is -3.06. The number of benzene rings is 2. The first-order chi connectivity index (χ1) is 12.4. The quantitative estimate of drug-likeness (QED) is 0.513. The summed E-state index contributed by atoms with van der Waals surface area (Å²) >= 11 is 1.12. The molecule has 0 fully saturated rings. The average molecular weight is 371 g/mol. The second kappa shape index (κ2) is 6.03. The second-order valence-corrected chi connectivity index (χ2v) is 6.87. The SMILES string of the molecule is Cc1ccc2oc(=O)c3cc(C(=O)Nc4ccc(F)cc4F)sc3c2c1. The van der Waals surface area contributed by atoms with Crippen molar-refractivity contribution in [1.29, 1.82) is 0 Å². The second-order valence-electron chi connectivity index (χ2n) is 5.82. The number of hydrogen-bond acceptors (Lipinski definition) is 4. The van der Waals surface area contributed by atoms with Crippen LogP contribution in [0.3, 0.4) is 0 Å². The standard InChI is InChI=1S/C19H11F2NO3S/c1-9-2-5-15-11(6-9)17-12(19(24)25-15)8-16(26-17)18(23)22-14-4-3-10(20)7-13(14)21/h2-8H,1H3,(H,22,23). The van der Waals surface area contributed by atoms with Crippen molar-refractivity contribution >= 4 is 44.0 Å². The molecule has 2 heterocycles. The van der Waals surface area contributed by atoms with E-state index in [4.69, 9.17) is 4.42 Å². The molecule has 4 nitrogen and oxygen atoms in total. The van der Waals surface area contributed by atoms with Gasteiger partial charge in [-0.1, -0.05) is 11.6 Å². The highest BCUT2D eigenvalue weighted by molar-refractivity contribution is 7.21. The number of halogens is 2. The number of amides is 1. The monoisotopic (exact) mass is 371 g/mol. The molecule has 0 bridgehead atoms. The maximum absolute atomic E-state index is 13.7. The zero-order valence-corrected chi connectivity index (χ0v) is 14.2. The van der Waals surface area contributed by atoms with Gasteiger partial charge in [-0.2, -0.15) is 0 Å². The number of carbonyl (C=O) groups is 1. The molecule has 0 aliphatic carbocycles. The maximum Gasteiger partial charge on any atom is 0.345 e. The van der Waals surface area contributed by atoms with Gasteiger partial charge in [0.15, 0.2) is 0 Å². The van der Waals surface area contributed by atoms with Gasteiger partial charge in [0.05, 0.1) is 20.7 Å². The largest absolute Gasteiger partial charge is 0.422 e. The van der Waals surface area contributed by atoms with Crippen molar-refractivity contribution < 1.29 is 18.0 Å². The van der Waals surface area contributed by atoms with Crippen LogP contribution in [0, 0.1) is 18.6 Å². The molecular weight excluding hydrogens is 360 g/mol. The zero-order valence-electron chi connectivity index (χ0n) is 13.4. The highest BCUT2D eigenvalue weighted by Gasteiger charge is 2.17. The Balaban J connectivity index is 1.80. The normalized spacial score (nSPS) is 11.2. The minimum atomic E-state index is -0.875. The molecule has 0 radical (unpaired) electrons. The molecule has 1 amide bonds. The molecule has 0 unspecified atom stereocenters. The molecule has 2 aromatic heterocycles. The summed E-state index contributed by atoms with van der Waals surface area (Å²) in [6.45, 7) is 1.91. The molecule has 0 saturated carbocycles. The van der Waals surface area contributed by atoms with Gasteiger partial charge in [-0.3, -0.25) is 4.79 Å². The topological polar surface area (TPSA) is 59.3 Å². The lowest BCUT2D eigenvalue weighted by Crippen LogP contribution is -2.11. The van der Waals surface area contributed by atoms with Gasteiger partial charge in [0, 0.05) is 11.5 Å². The Kier molecular flexibility index (Phi) is 3.81. The third-order valence-electron chi connectivity index (χ3n) is 3.94. The van der Waals surface area contributed by atoms with Gasteiger partial charge in [-0.05, 0) is 37.3 Å². The Labute approximate surface area is 149 Å². The van der Waals surface area contributed by atoms with Crippen LogP contribution in [0.1, 0.15) is 15.2 Å². The molecule has 26 heavy (non-hydrogen) atoms. The van der Waals surface area contributed by atoms with Crippen LogP contribution in [0.15, 0.2) is 51.7 Å². The average Bonchev–Trinajstić information content (AvgIpc) is 3.05. The molecule has 0 spiro atoms. The molecule has 130 valence electrons. The smallest absolute Gasteiger partial charge is 0.345 e. The van der Waals surface area contributed by atoms with E-state index in [1.54, 1.807) is 6.07 Å². The third kappa shape index (κ3) is 2.76. The molecule has 0 aliphatic heterocycles. The van der Waals surface area contributed by atoms with E-state index in [0.29, 0.717) is 16.3 Å². The summed E-state index contributed by atoms with van der Waals surface area (Å²) in [6.07, 6.45) is 0. The fourth-order valence-electron chi connectivity index (χ4n) is 2.69. The number of nitrogens with one attached hydrogen (secondary N) is 1. The number of carbonyl (C=O) groups excluding carboxylic acids is 1. The molecule has 0 saturated heterocycles. The van der Waals surface area contributed by atoms with Crippen molar-refractivity contribution in [2.45, 2.75) is 6.92 Å². The summed E-state index contributed by atoms with van der Waals surface area (Å²) in [5.41, 5.74) is 0.744. The van der Waals surface area contributed by atoms with Gasteiger partial charge in [0.1, 0.15) is 17.2 Å². The lowest BCUT2D eigenvalue weighted by atomic mass is 10.1. The summed E-state index contributed by atoms with van der Waals surface area (Å²) in [7, 11) is 0. The first-order valence-electron chi connectivity index (χ1n) is 7.66. The highest BCUT2D eigenvalue weighted by atomic mass is 32.1. The van der Waals surface area contributed by atoms with Crippen molar-refractivity contribution in [2.24, 2.45) is 0 Å². The van der Waals surface area contributed by atoms with Crippen molar-refractivity contribution in [2.75, 3.05) is 5.32 Å². The Morgan fingerprint density at radius 3 is 2.65 bits per heavy atom. The van der Waals surface area contributed by atoms with E-state index < -0.39 is 23.2 Å². The van der Waals surface area contributed by atoms with E-state index in [1.807, 2.05) is 19.1 Å². The number of anilines is 1. The fraction of sp³-hybridized carbons (Fsp3) is 0.0526. The lowest BCUT2D eigenvalue weighted by Gasteiger charge is -2.04. The van der Waals surface area contributed by atoms with Crippen LogP contribution in [-0.4, -0.2) is 5.91 Å². The molecule has 1 N–H and O–H groups in total. The van der Waals surface area contributed by atoms with Crippen LogP contribution in [0.4, 0.5) is 14.5 Å². The Morgan fingerprint density at radius 2 is 1.88 bits per heavy atom. The van der Waals surface area contributed by atoms with E-state index in [0.717, 1.165) is 34.4 Å². The summed E-state index contributed by atoms with van der Waals surface area (Å²) in [4.78, 5) is 24.8. The number of thiophene rings is 1. The van der Waals surface area contributed by atoms with Gasteiger partial charge in [-0.25, -0.2) is 13.6 Å². The van der Waals surface area contributed by atoms with Gasteiger partial charge >= 0.3 is 5.63 Å². The summed E-state index contributed by atoms with van der Waals surface area (Å²) in [6, 6.07) is 9.71. The van der Waals surface area contributed by atoms with Crippen molar-refractivity contribution in [1.82, 2.24) is 0 Å². The van der Waals surface area contributed by atoms with Crippen molar-refractivity contribution in [3.05, 3.63) is 75.0 Å². The maximum atomic E-state index is 13.7. The Morgan fingerprint density at radius 1 is 1.08 bits per heavy atom. The third-order valence-corrected chi connectivity index (χ3v) is 5.10. The van der Waals surface area contributed by atoms with E-state index in [-0.39, 0.29) is 16.0 Å². The van der Waals surface area contributed by atoms with Crippen LogP contribution in [-0.2, 0) is 0 Å². The zero-order chi connectivity index (χ0) is 18.4. The number of fused-ring (bicyclic) bond motifs is 3. The summed E-state index contributed by atoms with van der Waals surface area (Å²) in [5.74, 6) is -2.20. The summed E-state index contributed by atoms with van der Waals surface area (Å²) in [5, 5.41) is 3.41. The van der Waals surface area contributed by atoms with E-state index in [2.05, 4.69) is 5.32 Å². The molecule has 4 aromatic rings. The van der Waals surface area contributed by atoms with Crippen LogP contribution in [0.2, 0.25) is 0 Å². The van der Waals surface area contributed by atoms with E-state index in [9.17, 15) is 18.4 Å². The lowest BCUT2D eigenvalue weighted by molar-refractivity contribution is 0.103. The molecule has 0 aliphatic rings. The van der Waals surface area contributed by atoms with Gasteiger partial charge in [-0.15, -0.1) is 11.3 Å². The van der Waals surface area contributed by atoms with Gasteiger partial charge < -0.3 is 9.73 Å². The number of hydrogen-bond donors (Lipinski definition) is 1. The first kappa shape index (κ1) is 16.4. The molecular formula is C19H11F2NO3S. The highest BCUT2D eigenvalue weighted by Crippen LogP contribution is 2.31. The van der Waals surface area contributed by atoms with Crippen LogP contribution in [0.25, 0.3) is 21.1 Å². The van der Waals surface area contributed by atoms with Gasteiger partial charge in [0.25, 0.3) is 5.91 Å². The molecule has 2 aromatic carbocycles. The molecule has 7 heteroatoms. The van der Waals surface area contributed by atoms with Crippen molar-refractivity contribution in [3.63, 3.8) is 0 Å². The van der Waals surface area contributed by atoms with Crippen LogP contribution >= 0.6 is 11.3 Å². The van der Waals surface area contributed by atoms with Crippen molar-refractivity contribution in [3.8, 4) is 0 Å². The Bertz CT molecular complexity index is 1240. The predicted molar refractivity (Wildman–Crippen MR) is 96.9 cm³/mol. The first-order valence-corrected chi connectivity index (χ1v) is 8.47. The van der Waals surface area contributed by atoms with Gasteiger partial charge in [0.2, 0.25) is 0 Å². The number of rotatable bonds is 2. The minimum absolute atomic E-state index is 0.137. The van der Waals surface area contributed by atoms with E-state index >= 15 is 0 Å². The van der Waals surface area contributed by atoms with Crippen LogP contribution in [0.5, 0.6) is 0 Å². The molecule has 0 atom stereocenters. The summed E-state index contributed by atoms with van der Waals surface area (Å²) < 4.78 is 32.6. The minimum Gasteiger partial charge on any atom is -0.422 e.